The first kappa shape index (κ1) is 22.7. The van der Waals surface area contributed by atoms with Crippen LogP contribution in [0.3, 0.4) is 0 Å². The Labute approximate surface area is 199 Å². The Morgan fingerprint density at radius 2 is 1.86 bits per heavy atom. The van der Waals surface area contributed by atoms with E-state index in [2.05, 4.69) is 15.7 Å². The van der Waals surface area contributed by atoms with Crippen molar-refractivity contribution in [1.29, 1.82) is 0 Å². The predicted molar refractivity (Wildman–Crippen MR) is 122 cm³/mol. The van der Waals surface area contributed by atoms with Crippen molar-refractivity contribution < 1.29 is 23.2 Å². The standard InChI is InChI=1S/C25H23F2N5O3/c26-19-9-8-17(12-20(19)27)32-21-3-1-2-18(21)23(30-32)24(34)29-13-15-4-6-16(7-5-15)25(35)31-11-10-28-22(33)14-31/h4-9,12H,1-3,10-11,13-14H2,(H,28,33)(H,29,34). The van der Waals surface area contributed by atoms with E-state index >= 15 is 0 Å². The summed E-state index contributed by atoms with van der Waals surface area (Å²) in [6.07, 6.45) is 2.24. The van der Waals surface area contributed by atoms with Gasteiger partial charge in [-0.3, -0.25) is 14.4 Å². The Hall–Kier alpha value is -4.08. The molecule has 2 aliphatic rings. The highest BCUT2D eigenvalue weighted by molar-refractivity contribution is 5.97. The number of halogens is 2. The van der Waals surface area contributed by atoms with E-state index < -0.39 is 11.6 Å². The molecular formula is C25H23F2N5O3. The first-order valence-corrected chi connectivity index (χ1v) is 11.4. The lowest BCUT2D eigenvalue weighted by Crippen LogP contribution is -2.49. The number of piperazine rings is 1. The van der Waals surface area contributed by atoms with Crippen LogP contribution in [0.5, 0.6) is 0 Å². The lowest BCUT2D eigenvalue weighted by molar-refractivity contribution is -0.123. The van der Waals surface area contributed by atoms with Gasteiger partial charge in [-0.05, 0) is 49.1 Å². The molecule has 1 saturated heterocycles. The van der Waals surface area contributed by atoms with Crippen LogP contribution in [-0.2, 0) is 24.2 Å². The SMILES string of the molecule is O=C1CN(C(=O)c2ccc(CNC(=O)c3nn(-c4ccc(F)c(F)c4)c4c3CCC4)cc2)CCN1. The number of fused-ring (bicyclic) bond motifs is 1. The molecule has 0 unspecified atom stereocenters. The van der Waals surface area contributed by atoms with Crippen LogP contribution in [0.1, 0.15) is 44.1 Å². The minimum Gasteiger partial charge on any atom is -0.353 e. The third-order valence-electron chi connectivity index (χ3n) is 6.27. The molecule has 3 aromatic rings. The summed E-state index contributed by atoms with van der Waals surface area (Å²) in [5.41, 5.74) is 3.56. The van der Waals surface area contributed by atoms with Crippen molar-refractivity contribution in [1.82, 2.24) is 25.3 Å². The maximum Gasteiger partial charge on any atom is 0.272 e. The second kappa shape index (κ2) is 9.28. The molecule has 0 saturated carbocycles. The zero-order valence-corrected chi connectivity index (χ0v) is 18.8. The van der Waals surface area contributed by atoms with Gasteiger partial charge in [0.1, 0.15) is 0 Å². The minimum absolute atomic E-state index is 0.0399. The van der Waals surface area contributed by atoms with Gasteiger partial charge in [0.05, 0.1) is 12.2 Å². The summed E-state index contributed by atoms with van der Waals surface area (Å²) in [5, 5.41) is 9.95. The van der Waals surface area contributed by atoms with Gasteiger partial charge in [-0.1, -0.05) is 12.1 Å². The summed E-state index contributed by atoms with van der Waals surface area (Å²) >= 11 is 0. The molecule has 0 spiro atoms. The fourth-order valence-electron chi connectivity index (χ4n) is 4.48. The number of benzene rings is 2. The fourth-order valence-corrected chi connectivity index (χ4v) is 4.48. The van der Waals surface area contributed by atoms with E-state index in [0.29, 0.717) is 37.2 Å². The maximum absolute atomic E-state index is 13.8. The van der Waals surface area contributed by atoms with Crippen molar-refractivity contribution in [3.63, 3.8) is 0 Å². The van der Waals surface area contributed by atoms with Crippen molar-refractivity contribution >= 4 is 17.7 Å². The summed E-state index contributed by atoms with van der Waals surface area (Å²) in [4.78, 5) is 38.6. The predicted octanol–water partition coefficient (Wildman–Crippen LogP) is 2.14. The summed E-state index contributed by atoms with van der Waals surface area (Å²) < 4.78 is 28.6. The first-order valence-electron chi connectivity index (χ1n) is 11.4. The number of nitrogens with zero attached hydrogens (tertiary/aromatic N) is 3. The Kier molecular flexibility index (Phi) is 6.02. The maximum atomic E-state index is 13.8. The van der Waals surface area contributed by atoms with Gasteiger partial charge in [-0.2, -0.15) is 5.10 Å². The van der Waals surface area contributed by atoms with Gasteiger partial charge in [-0.25, -0.2) is 13.5 Å². The normalized spacial score (nSPS) is 15.0. The van der Waals surface area contributed by atoms with E-state index in [1.54, 1.807) is 24.3 Å². The van der Waals surface area contributed by atoms with E-state index in [9.17, 15) is 23.2 Å². The van der Waals surface area contributed by atoms with Crippen molar-refractivity contribution in [3.05, 3.63) is 82.2 Å². The molecule has 1 aromatic heterocycles. The first-order chi connectivity index (χ1) is 16.9. The zero-order valence-electron chi connectivity index (χ0n) is 18.8. The molecule has 10 heteroatoms. The Morgan fingerprint density at radius 3 is 2.60 bits per heavy atom. The van der Waals surface area contributed by atoms with Crippen LogP contribution in [0, 0.1) is 11.6 Å². The summed E-state index contributed by atoms with van der Waals surface area (Å²) in [7, 11) is 0. The number of aromatic nitrogens is 2. The fraction of sp³-hybridized carbons (Fsp3) is 0.280. The molecule has 0 atom stereocenters. The molecule has 180 valence electrons. The molecule has 0 radical (unpaired) electrons. The van der Waals surface area contributed by atoms with Crippen molar-refractivity contribution in [2.45, 2.75) is 25.8 Å². The van der Waals surface area contributed by atoms with Gasteiger partial charge in [0.15, 0.2) is 17.3 Å². The van der Waals surface area contributed by atoms with Crippen LogP contribution in [0.4, 0.5) is 8.78 Å². The molecule has 8 nitrogen and oxygen atoms in total. The van der Waals surface area contributed by atoms with Gasteiger partial charge in [0, 0.05) is 42.5 Å². The summed E-state index contributed by atoms with van der Waals surface area (Å²) in [6, 6.07) is 10.4. The number of carbonyl (C=O) groups is 3. The average Bonchev–Trinajstić information content (AvgIpc) is 3.47. The number of hydrogen-bond acceptors (Lipinski definition) is 4. The van der Waals surface area contributed by atoms with Crippen LogP contribution in [0.2, 0.25) is 0 Å². The van der Waals surface area contributed by atoms with Gasteiger partial charge in [0.2, 0.25) is 5.91 Å². The number of rotatable bonds is 5. The van der Waals surface area contributed by atoms with Crippen LogP contribution in [0.25, 0.3) is 5.69 Å². The van der Waals surface area contributed by atoms with E-state index in [1.165, 1.54) is 15.6 Å². The number of nitrogens with one attached hydrogen (secondary N) is 2. The third kappa shape index (κ3) is 4.51. The highest BCUT2D eigenvalue weighted by atomic mass is 19.2. The Balaban J connectivity index is 1.27. The Bertz CT molecular complexity index is 1320. The highest BCUT2D eigenvalue weighted by Gasteiger charge is 2.27. The van der Waals surface area contributed by atoms with E-state index in [1.807, 2.05) is 0 Å². The number of hydrogen-bond donors (Lipinski definition) is 2. The quantitative estimate of drug-likeness (QED) is 0.586. The molecule has 1 fully saturated rings. The highest BCUT2D eigenvalue weighted by Crippen LogP contribution is 2.28. The van der Waals surface area contributed by atoms with E-state index in [-0.39, 0.29) is 36.5 Å². The number of amides is 3. The summed E-state index contributed by atoms with van der Waals surface area (Å²) in [5.74, 6) is -2.66. The Morgan fingerprint density at radius 1 is 1.06 bits per heavy atom. The third-order valence-corrected chi connectivity index (χ3v) is 6.27. The molecular weight excluding hydrogens is 456 g/mol. The molecule has 2 heterocycles. The molecule has 2 aromatic carbocycles. The topological polar surface area (TPSA) is 96.3 Å². The van der Waals surface area contributed by atoms with Gasteiger partial charge in [-0.15, -0.1) is 0 Å². The average molecular weight is 479 g/mol. The second-order valence-electron chi connectivity index (χ2n) is 8.59. The molecule has 5 rings (SSSR count). The molecule has 3 amide bonds. The van der Waals surface area contributed by atoms with E-state index in [4.69, 9.17) is 0 Å². The smallest absolute Gasteiger partial charge is 0.272 e. The number of carbonyl (C=O) groups excluding carboxylic acids is 3. The van der Waals surface area contributed by atoms with Gasteiger partial charge in [0.25, 0.3) is 11.8 Å². The van der Waals surface area contributed by atoms with Crippen LogP contribution in [-0.4, -0.2) is 52.0 Å². The molecule has 35 heavy (non-hydrogen) atoms. The van der Waals surface area contributed by atoms with Gasteiger partial charge >= 0.3 is 0 Å². The van der Waals surface area contributed by atoms with Crippen LogP contribution < -0.4 is 10.6 Å². The van der Waals surface area contributed by atoms with Gasteiger partial charge < -0.3 is 15.5 Å². The summed E-state index contributed by atoms with van der Waals surface area (Å²) in [6.45, 7) is 1.17. The lowest BCUT2D eigenvalue weighted by Gasteiger charge is -2.26. The van der Waals surface area contributed by atoms with Crippen molar-refractivity contribution in [2.75, 3.05) is 19.6 Å². The van der Waals surface area contributed by atoms with Crippen LogP contribution in [0.15, 0.2) is 42.5 Å². The molecule has 0 bridgehead atoms. The minimum atomic E-state index is -0.971. The lowest BCUT2D eigenvalue weighted by atomic mass is 10.1. The van der Waals surface area contributed by atoms with E-state index in [0.717, 1.165) is 35.4 Å². The van der Waals surface area contributed by atoms with Crippen molar-refractivity contribution in [3.8, 4) is 5.69 Å². The van der Waals surface area contributed by atoms with Crippen LogP contribution >= 0.6 is 0 Å². The second-order valence-corrected chi connectivity index (χ2v) is 8.59. The molecule has 1 aliphatic carbocycles. The monoisotopic (exact) mass is 479 g/mol. The van der Waals surface area contributed by atoms with Crippen molar-refractivity contribution in [2.24, 2.45) is 0 Å². The largest absolute Gasteiger partial charge is 0.353 e. The molecule has 2 N–H and O–H groups in total. The molecule has 1 aliphatic heterocycles. The zero-order chi connectivity index (χ0) is 24.5.